The average molecular weight is 689 g/mol. The molecule has 6 heteroatoms. The second kappa shape index (κ2) is 38.4. The number of carbonyl (C=O) groups is 3. The van der Waals surface area contributed by atoms with Crippen LogP contribution >= 0.6 is 0 Å². The number of esters is 3. The van der Waals surface area contributed by atoms with Crippen LogP contribution in [-0.4, -0.2) is 37.2 Å². The van der Waals surface area contributed by atoms with Crippen LogP contribution in [0.2, 0.25) is 0 Å². The molecule has 1 unspecified atom stereocenters. The monoisotopic (exact) mass is 689 g/mol. The van der Waals surface area contributed by atoms with Gasteiger partial charge in [-0.3, -0.25) is 14.4 Å². The van der Waals surface area contributed by atoms with E-state index in [1.165, 1.54) is 57.8 Å². The van der Waals surface area contributed by atoms with Crippen molar-refractivity contribution < 1.29 is 28.6 Å². The lowest BCUT2D eigenvalue weighted by Gasteiger charge is -2.18. The zero-order valence-electron chi connectivity index (χ0n) is 32.2. The van der Waals surface area contributed by atoms with E-state index in [9.17, 15) is 14.4 Å². The van der Waals surface area contributed by atoms with Crippen LogP contribution in [0.1, 0.15) is 201 Å². The number of unbranched alkanes of at least 4 members (excludes halogenated alkanes) is 19. The normalized spacial score (nSPS) is 12.3. The fourth-order valence-corrected chi connectivity index (χ4v) is 5.47. The van der Waals surface area contributed by atoms with E-state index in [1.807, 2.05) is 0 Å². The smallest absolute Gasteiger partial charge is 0.306 e. The SMILES string of the molecule is CCC/C=C\C/C=C\CCCCCCCC(=O)OCC(COC(=O)CCCCCCC)OC(=O)CCCCCCC/C=C\CCCCCC. The van der Waals surface area contributed by atoms with Crippen molar-refractivity contribution in [2.24, 2.45) is 0 Å². The Hall–Kier alpha value is -2.37. The van der Waals surface area contributed by atoms with Gasteiger partial charge in [-0.25, -0.2) is 0 Å². The Morgan fingerprint density at radius 2 is 0.776 bits per heavy atom. The van der Waals surface area contributed by atoms with Crippen molar-refractivity contribution in [1.29, 1.82) is 0 Å². The highest BCUT2D eigenvalue weighted by molar-refractivity contribution is 5.71. The van der Waals surface area contributed by atoms with Crippen molar-refractivity contribution in [1.82, 2.24) is 0 Å². The molecule has 6 nitrogen and oxygen atoms in total. The molecule has 0 aromatic heterocycles. The number of hydrogen-bond donors (Lipinski definition) is 0. The Labute approximate surface area is 302 Å². The summed E-state index contributed by atoms with van der Waals surface area (Å²) in [5.74, 6) is -0.923. The zero-order chi connectivity index (χ0) is 35.9. The summed E-state index contributed by atoms with van der Waals surface area (Å²) < 4.78 is 16.5. The Balaban J connectivity index is 4.31. The molecule has 0 spiro atoms. The molecule has 0 heterocycles. The van der Waals surface area contributed by atoms with Crippen molar-refractivity contribution in [2.75, 3.05) is 13.2 Å². The van der Waals surface area contributed by atoms with E-state index in [0.29, 0.717) is 19.3 Å². The van der Waals surface area contributed by atoms with Crippen LogP contribution in [0.15, 0.2) is 36.5 Å². The molecular weight excluding hydrogens is 612 g/mol. The molecular formula is C43H76O6. The van der Waals surface area contributed by atoms with Gasteiger partial charge in [-0.15, -0.1) is 0 Å². The Morgan fingerprint density at radius 3 is 1.24 bits per heavy atom. The van der Waals surface area contributed by atoms with Gasteiger partial charge in [0.2, 0.25) is 0 Å². The summed E-state index contributed by atoms with van der Waals surface area (Å²) in [6.45, 7) is 6.43. The summed E-state index contributed by atoms with van der Waals surface area (Å²) in [6.07, 6.45) is 41.5. The minimum Gasteiger partial charge on any atom is -0.462 e. The Bertz CT molecular complexity index is 845. The summed E-state index contributed by atoms with van der Waals surface area (Å²) in [4.78, 5) is 37.3. The molecule has 284 valence electrons. The predicted octanol–water partition coefficient (Wildman–Crippen LogP) is 12.6. The number of rotatable bonds is 36. The van der Waals surface area contributed by atoms with Crippen LogP contribution in [0.3, 0.4) is 0 Å². The van der Waals surface area contributed by atoms with E-state index in [4.69, 9.17) is 14.2 Å². The number of allylic oxidation sites excluding steroid dienone is 6. The van der Waals surface area contributed by atoms with E-state index in [1.54, 1.807) is 0 Å². The van der Waals surface area contributed by atoms with E-state index in [2.05, 4.69) is 57.2 Å². The molecule has 0 aliphatic rings. The van der Waals surface area contributed by atoms with Gasteiger partial charge in [0.15, 0.2) is 6.10 Å². The first-order valence-electron chi connectivity index (χ1n) is 20.5. The first-order valence-corrected chi connectivity index (χ1v) is 20.5. The number of hydrogen-bond acceptors (Lipinski definition) is 6. The van der Waals surface area contributed by atoms with Gasteiger partial charge in [0.1, 0.15) is 13.2 Å². The molecule has 1 atom stereocenters. The molecule has 0 saturated carbocycles. The van der Waals surface area contributed by atoms with E-state index >= 15 is 0 Å². The molecule has 0 N–H and O–H groups in total. The van der Waals surface area contributed by atoms with Crippen LogP contribution in [0.25, 0.3) is 0 Å². The maximum absolute atomic E-state index is 12.6. The lowest BCUT2D eigenvalue weighted by Crippen LogP contribution is -2.30. The number of carbonyl (C=O) groups excluding carboxylic acids is 3. The fraction of sp³-hybridized carbons (Fsp3) is 0.791. The lowest BCUT2D eigenvalue weighted by atomic mass is 10.1. The van der Waals surface area contributed by atoms with Crippen LogP contribution in [0, 0.1) is 0 Å². The van der Waals surface area contributed by atoms with Gasteiger partial charge in [-0.2, -0.15) is 0 Å². The predicted molar refractivity (Wildman–Crippen MR) is 206 cm³/mol. The fourth-order valence-electron chi connectivity index (χ4n) is 5.47. The third-order valence-corrected chi connectivity index (χ3v) is 8.60. The van der Waals surface area contributed by atoms with Crippen LogP contribution < -0.4 is 0 Å². The van der Waals surface area contributed by atoms with Gasteiger partial charge in [0.05, 0.1) is 0 Å². The molecule has 0 rings (SSSR count). The quantitative estimate of drug-likeness (QED) is 0.0282. The standard InChI is InChI=1S/C43H76O6/c1-4-7-10-13-15-17-19-21-23-25-27-30-33-36-42(45)48-39-40(38-47-41(44)35-32-29-12-9-6-3)49-43(46)37-34-31-28-26-24-22-20-18-16-14-11-8-5-2/h10,13,17-20,40H,4-9,11-12,14-16,21-39H2,1-3H3/b13-10-,19-17-,20-18-. The lowest BCUT2D eigenvalue weighted by molar-refractivity contribution is -0.167. The van der Waals surface area contributed by atoms with Gasteiger partial charge < -0.3 is 14.2 Å². The summed E-state index contributed by atoms with van der Waals surface area (Å²) in [7, 11) is 0. The Morgan fingerprint density at radius 1 is 0.408 bits per heavy atom. The van der Waals surface area contributed by atoms with E-state index in [-0.39, 0.29) is 31.1 Å². The molecule has 0 aliphatic carbocycles. The van der Waals surface area contributed by atoms with Crippen molar-refractivity contribution in [3.05, 3.63) is 36.5 Å². The van der Waals surface area contributed by atoms with E-state index < -0.39 is 6.10 Å². The van der Waals surface area contributed by atoms with Gasteiger partial charge >= 0.3 is 17.9 Å². The summed E-state index contributed by atoms with van der Waals surface area (Å²) in [5, 5.41) is 0. The minimum absolute atomic E-state index is 0.0809. The van der Waals surface area contributed by atoms with Crippen LogP contribution in [0.5, 0.6) is 0 Å². The second-order valence-corrected chi connectivity index (χ2v) is 13.5. The van der Waals surface area contributed by atoms with Crippen molar-refractivity contribution in [2.45, 2.75) is 207 Å². The molecule has 0 saturated heterocycles. The van der Waals surface area contributed by atoms with Gasteiger partial charge in [0.25, 0.3) is 0 Å². The largest absolute Gasteiger partial charge is 0.462 e. The van der Waals surface area contributed by atoms with Gasteiger partial charge in [-0.1, -0.05) is 147 Å². The first kappa shape index (κ1) is 46.6. The highest BCUT2D eigenvalue weighted by atomic mass is 16.6. The third-order valence-electron chi connectivity index (χ3n) is 8.60. The average Bonchev–Trinajstić information content (AvgIpc) is 3.09. The maximum Gasteiger partial charge on any atom is 0.306 e. The topological polar surface area (TPSA) is 78.9 Å². The zero-order valence-corrected chi connectivity index (χ0v) is 32.2. The molecule has 0 aliphatic heterocycles. The molecule has 0 fully saturated rings. The first-order chi connectivity index (χ1) is 24.0. The molecule has 0 aromatic carbocycles. The Kier molecular flexibility index (Phi) is 36.6. The van der Waals surface area contributed by atoms with E-state index in [0.717, 1.165) is 103 Å². The molecule has 49 heavy (non-hydrogen) atoms. The summed E-state index contributed by atoms with van der Waals surface area (Å²) in [6, 6.07) is 0. The molecule has 0 radical (unpaired) electrons. The summed E-state index contributed by atoms with van der Waals surface area (Å²) in [5.41, 5.74) is 0. The molecule has 0 amide bonds. The van der Waals surface area contributed by atoms with Gasteiger partial charge in [-0.05, 0) is 70.6 Å². The van der Waals surface area contributed by atoms with Crippen molar-refractivity contribution in [3.63, 3.8) is 0 Å². The second-order valence-electron chi connectivity index (χ2n) is 13.5. The van der Waals surface area contributed by atoms with Crippen molar-refractivity contribution in [3.8, 4) is 0 Å². The minimum atomic E-state index is -0.774. The number of ether oxygens (including phenoxy) is 3. The highest BCUT2D eigenvalue weighted by Gasteiger charge is 2.19. The van der Waals surface area contributed by atoms with Crippen molar-refractivity contribution >= 4 is 17.9 Å². The van der Waals surface area contributed by atoms with Gasteiger partial charge in [0, 0.05) is 19.3 Å². The highest BCUT2D eigenvalue weighted by Crippen LogP contribution is 2.12. The molecule has 0 aromatic rings. The van der Waals surface area contributed by atoms with Crippen LogP contribution in [-0.2, 0) is 28.6 Å². The van der Waals surface area contributed by atoms with Crippen LogP contribution in [0.4, 0.5) is 0 Å². The maximum atomic E-state index is 12.6. The third kappa shape index (κ3) is 36.7. The molecule has 0 bridgehead atoms. The summed E-state index contributed by atoms with van der Waals surface area (Å²) >= 11 is 0.